The van der Waals surface area contributed by atoms with Crippen LogP contribution in [-0.2, 0) is 37.4 Å². The van der Waals surface area contributed by atoms with Gasteiger partial charge in [0.05, 0.1) is 52.9 Å². The number of nitrogens with zero attached hydrogens (tertiary/aromatic N) is 8. The van der Waals surface area contributed by atoms with Gasteiger partial charge in [0.2, 0.25) is 0 Å². The second-order valence-electron chi connectivity index (χ2n) is 20.7. The molecule has 2 aromatic carbocycles. The Labute approximate surface area is 440 Å². The van der Waals surface area contributed by atoms with Crippen molar-refractivity contribution >= 4 is 80.0 Å². The number of hydrogen-bond donors (Lipinski definition) is 5. The van der Waals surface area contributed by atoms with Crippen molar-refractivity contribution in [2.75, 3.05) is 23.0 Å². The summed E-state index contributed by atoms with van der Waals surface area (Å²) in [7, 11) is -3.81. The van der Waals surface area contributed by atoms with E-state index >= 15 is 0 Å². The van der Waals surface area contributed by atoms with Crippen LogP contribution in [0.3, 0.4) is 0 Å². The number of aryl methyl sites for hydroxylation is 2. The van der Waals surface area contributed by atoms with Crippen molar-refractivity contribution < 1.29 is 27.8 Å². The van der Waals surface area contributed by atoms with Crippen LogP contribution in [0, 0.1) is 4.78 Å². The number of carbonyl (C=O) groups is 2. The molecule has 10 rings (SSSR count). The zero-order valence-corrected chi connectivity index (χ0v) is 45.7. The van der Waals surface area contributed by atoms with Crippen molar-refractivity contribution in [3.8, 4) is 20.9 Å². The number of rotatable bonds is 18. The summed E-state index contributed by atoms with van der Waals surface area (Å²) in [5, 5.41) is 32.3. The SMILES string of the molecule is CC(C)OC(=O)NC1CCC(c2ncc(-c3ccc(Nc4cn(CCC(C)OC(=O)NC5CCC(c6ncc(-c7ccc(Nc8cn(C)nn8)cc7P7(=O)CCCC7)s6)CC5)nn4)cc3S(=N)(=O)C3CC3)s2)CC1. The van der Waals surface area contributed by atoms with Crippen LogP contribution in [0.4, 0.5) is 32.6 Å². The third-order valence-electron chi connectivity index (χ3n) is 14.5. The van der Waals surface area contributed by atoms with E-state index in [1.807, 2.05) is 76.7 Å². The van der Waals surface area contributed by atoms with Gasteiger partial charge in [-0.1, -0.05) is 22.6 Å². The molecule has 4 aromatic heterocycles. The number of amides is 2. The van der Waals surface area contributed by atoms with Crippen LogP contribution in [0.1, 0.15) is 126 Å². The average molecular weight is 1080 g/mol. The fourth-order valence-electron chi connectivity index (χ4n) is 10.4. The van der Waals surface area contributed by atoms with Gasteiger partial charge in [-0.25, -0.2) is 28.5 Å². The summed E-state index contributed by atoms with van der Waals surface area (Å²) in [6.07, 6.45) is 18.4. The lowest BCUT2D eigenvalue weighted by molar-refractivity contribution is 0.0937. The molecule has 2 atom stereocenters. The van der Waals surface area contributed by atoms with Gasteiger partial charge >= 0.3 is 12.2 Å². The van der Waals surface area contributed by atoms with Crippen LogP contribution in [0.5, 0.6) is 0 Å². The summed E-state index contributed by atoms with van der Waals surface area (Å²) >= 11 is 3.27. The highest BCUT2D eigenvalue weighted by molar-refractivity contribution is 7.93. The Morgan fingerprint density at radius 3 is 1.89 bits per heavy atom. The largest absolute Gasteiger partial charge is 0.447 e. The molecule has 19 nitrogen and oxygen atoms in total. The van der Waals surface area contributed by atoms with Crippen LogP contribution in [0.2, 0.25) is 0 Å². The first kappa shape index (κ1) is 51.8. The Morgan fingerprint density at radius 1 is 0.757 bits per heavy atom. The topological polar surface area (TPSA) is 246 Å². The highest BCUT2D eigenvalue weighted by Gasteiger charge is 2.37. The number of ether oxygens (including phenoxy) is 2. The molecule has 4 aliphatic rings. The third-order valence-corrected chi connectivity index (χ3v) is 22.6. The Hall–Kier alpha value is -5.70. The van der Waals surface area contributed by atoms with E-state index in [0.717, 1.165) is 131 Å². The molecule has 3 aliphatic carbocycles. The van der Waals surface area contributed by atoms with Crippen molar-refractivity contribution in [1.29, 1.82) is 4.78 Å². The summed E-state index contributed by atoms with van der Waals surface area (Å²) in [5.41, 5.74) is 3.26. The maximum absolute atomic E-state index is 14.3. The number of carbonyl (C=O) groups excluding carboxylic acids is 2. The number of hydrogen-bond acceptors (Lipinski definition) is 17. The Kier molecular flexibility index (Phi) is 15.6. The Bertz CT molecular complexity index is 3100. The fourth-order valence-corrected chi connectivity index (χ4v) is 17.9. The first-order chi connectivity index (χ1) is 35.6. The minimum absolute atomic E-state index is 0.00732. The number of alkyl carbamates (subject to hydrolysis) is 2. The summed E-state index contributed by atoms with van der Waals surface area (Å²) in [6, 6.07) is 11.8. The van der Waals surface area contributed by atoms with Gasteiger partial charge in [0.1, 0.15) is 13.2 Å². The van der Waals surface area contributed by atoms with Crippen molar-refractivity contribution in [3.05, 3.63) is 71.2 Å². The van der Waals surface area contributed by atoms with Gasteiger partial charge in [0, 0.05) is 102 Å². The van der Waals surface area contributed by atoms with E-state index in [4.69, 9.17) is 24.2 Å². The second-order valence-corrected chi connectivity index (χ2v) is 28.2. The van der Waals surface area contributed by atoms with E-state index in [9.17, 15) is 18.4 Å². The Balaban J connectivity index is 0.690. The molecule has 5 heterocycles. The predicted molar refractivity (Wildman–Crippen MR) is 289 cm³/mol. The predicted octanol–water partition coefficient (Wildman–Crippen LogP) is 10.9. The zero-order valence-electron chi connectivity index (χ0n) is 42.3. The van der Waals surface area contributed by atoms with Crippen LogP contribution < -0.4 is 26.6 Å². The van der Waals surface area contributed by atoms with Crippen molar-refractivity contribution in [3.63, 3.8) is 0 Å². The number of aromatic nitrogens is 8. The van der Waals surface area contributed by atoms with Gasteiger partial charge in [-0.3, -0.25) is 9.36 Å². The number of thiazole rings is 2. The number of benzene rings is 2. The maximum Gasteiger partial charge on any atom is 0.407 e. The molecule has 4 fully saturated rings. The minimum atomic E-state index is -3.08. The van der Waals surface area contributed by atoms with Crippen molar-refractivity contribution in [2.45, 2.75) is 157 Å². The molecule has 0 bridgehead atoms. The molecule has 0 spiro atoms. The first-order valence-corrected chi connectivity index (χ1v) is 31.3. The normalized spacial score (nSPS) is 21.9. The minimum Gasteiger partial charge on any atom is -0.447 e. The Morgan fingerprint density at radius 2 is 1.31 bits per heavy atom. The van der Waals surface area contributed by atoms with Gasteiger partial charge in [0.25, 0.3) is 0 Å². The lowest BCUT2D eigenvalue weighted by atomic mass is 9.86. The maximum atomic E-state index is 14.3. The van der Waals surface area contributed by atoms with Gasteiger partial charge in [-0.15, -0.1) is 32.9 Å². The molecular weight excluding hydrogens is 1020 g/mol. The molecule has 23 heteroatoms. The molecule has 2 amide bonds. The summed E-state index contributed by atoms with van der Waals surface area (Å²) in [5.74, 6) is 1.68. The van der Waals surface area contributed by atoms with Crippen molar-refractivity contribution in [2.24, 2.45) is 7.05 Å². The quantitative estimate of drug-likeness (QED) is 0.0503. The standard InChI is InChI=1S/C51H66N13O6PS3/c1-31(2)69-50(65)57-35-11-7-34(8-12-35)49-54-28-44(73-49)41-20-16-38(26-45(41)74(52,68)39-17-18-39)56-47-30-64(62-60-47)22-21-32(3)70-51(66)58-36-13-9-33(10-14-36)48-53-27-43(72-48)40-19-15-37(55-46-29-63(4)61-59-46)25-42(40)71(67)23-5-6-24-71/h15-16,19-20,25-36,39,52,55-56H,5-14,17-18,21-24H2,1-4H3,(H,57,65)(H,58,66). The molecule has 74 heavy (non-hydrogen) atoms. The lowest BCUT2D eigenvalue weighted by Crippen LogP contribution is -2.39. The van der Waals surface area contributed by atoms with E-state index in [2.05, 4.69) is 48.0 Å². The monoisotopic (exact) mass is 1080 g/mol. The van der Waals surface area contributed by atoms with E-state index < -0.39 is 23.0 Å². The third kappa shape index (κ3) is 12.3. The molecule has 1 saturated heterocycles. The summed E-state index contributed by atoms with van der Waals surface area (Å²) < 4.78 is 51.8. The molecule has 394 valence electrons. The van der Waals surface area contributed by atoms with Gasteiger partial charge in [-0.05, 0) is 122 Å². The van der Waals surface area contributed by atoms with Gasteiger partial charge in [0.15, 0.2) is 11.6 Å². The van der Waals surface area contributed by atoms with Crippen LogP contribution >= 0.6 is 29.8 Å². The average Bonchev–Trinajstić information content (AvgIpc) is 3.90. The van der Waals surface area contributed by atoms with Crippen LogP contribution in [0.25, 0.3) is 20.9 Å². The highest BCUT2D eigenvalue weighted by atomic mass is 32.2. The number of nitrogens with one attached hydrogen (secondary N) is 5. The smallest absolute Gasteiger partial charge is 0.407 e. The van der Waals surface area contributed by atoms with Crippen molar-refractivity contribution in [1.82, 2.24) is 50.6 Å². The molecule has 3 saturated carbocycles. The summed E-state index contributed by atoms with van der Waals surface area (Å²) in [6.45, 7) is 6.01. The first-order valence-electron chi connectivity index (χ1n) is 26.0. The number of anilines is 4. The molecule has 2 unspecified atom stereocenters. The molecule has 1 aliphatic heterocycles. The van der Waals surface area contributed by atoms with E-state index in [0.29, 0.717) is 35.2 Å². The van der Waals surface area contributed by atoms with Crippen LogP contribution in [0.15, 0.2) is 66.1 Å². The molecule has 0 radical (unpaired) electrons. The molecule has 5 N–H and O–H groups in total. The molecular formula is C51H66N13O6PS3. The highest BCUT2D eigenvalue weighted by Crippen LogP contribution is 2.54. The van der Waals surface area contributed by atoms with E-state index in [-0.39, 0.29) is 47.5 Å². The van der Waals surface area contributed by atoms with Gasteiger partial charge in [-0.2, -0.15) is 0 Å². The van der Waals surface area contributed by atoms with Crippen LogP contribution in [-0.4, -0.2) is 98.2 Å². The fraction of sp³-hybridized carbons (Fsp3) is 0.529. The van der Waals surface area contributed by atoms with E-state index in [1.54, 1.807) is 38.2 Å². The van der Waals surface area contributed by atoms with E-state index in [1.165, 1.54) is 0 Å². The van der Waals surface area contributed by atoms with Gasteiger partial charge < -0.3 is 35.3 Å². The lowest BCUT2D eigenvalue weighted by Gasteiger charge is -2.28. The summed E-state index contributed by atoms with van der Waals surface area (Å²) in [4.78, 5) is 37.3. The molecule has 6 aromatic rings. The zero-order chi connectivity index (χ0) is 51.6. The second kappa shape index (κ2) is 22.3.